The lowest BCUT2D eigenvalue weighted by Crippen LogP contribution is -1.99. The molecule has 2 heteroatoms. The van der Waals surface area contributed by atoms with Gasteiger partial charge in [-0.15, -0.1) is 0 Å². The summed E-state index contributed by atoms with van der Waals surface area (Å²) in [6, 6.07) is 3.43. The van der Waals surface area contributed by atoms with E-state index in [1.807, 2.05) is 13.8 Å². The molecule has 0 aromatic carbocycles. The van der Waals surface area contributed by atoms with Crippen LogP contribution in [0.5, 0.6) is 0 Å². The zero-order valence-electron chi connectivity index (χ0n) is 6.79. The average molecular weight is 153 g/mol. The van der Waals surface area contributed by atoms with Crippen molar-refractivity contribution in [1.29, 1.82) is 0 Å². The molecule has 0 amide bonds. The van der Waals surface area contributed by atoms with Crippen LogP contribution in [0.15, 0.2) is 24.5 Å². The highest BCUT2D eigenvalue weighted by Gasteiger charge is 2.12. The Hall–Kier alpha value is -0.920. The monoisotopic (exact) mass is 153 g/mol. The van der Waals surface area contributed by atoms with Crippen LogP contribution in [-0.2, 0) is 0 Å². The smallest absolute Gasteiger partial charge is 0.128 e. The van der Waals surface area contributed by atoms with Crippen LogP contribution in [0.2, 0.25) is 0 Å². The van der Waals surface area contributed by atoms with Gasteiger partial charge in [0.1, 0.15) is 6.17 Å². The lowest BCUT2D eigenvalue weighted by molar-refractivity contribution is 0.261. The first-order valence-electron chi connectivity index (χ1n) is 3.76. The standard InChI is InChI=1S/C9H12FN/c1-7(2)9(10)8-3-5-11-6-4-8/h3-7,9H,1-2H3. The fraction of sp³-hybridized carbons (Fsp3) is 0.444. The number of rotatable bonds is 2. The number of nitrogens with zero attached hydrogens (tertiary/aromatic N) is 1. The van der Waals surface area contributed by atoms with Gasteiger partial charge in [-0.05, 0) is 23.6 Å². The molecule has 0 aliphatic carbocycles. The van der Waals surface area contributed by atoms with Gasteiger partial charge in [0, 0.05) is 12.4 Å². The molecule has 0 aliphatic rings. The van der Waals surface area contributed by atoms with Crippen LogP contribution < -0.4 is 0 Å². The summed E-state index contributed by atoms with van der Waals surface area (Å²) >= 11 is 0. The molecule has 0 fully saturated rings. The van der Waals surface area contributed by atoms with Crippen LogP contribution in [-0.4, -0.2) is 4.98 Å². The third-order valence-corrected chi connectivity index (χ3v) is 1.61. The molecule has 0 N–H and O–H groups in total. The van der Waals surface area contributed by atoms with Crippen LogP contribution in [0.1, 0.15) is 25.6 Å². The largest absolute Gasteiger partial charge is 0.265 e. The van der Waals surface area contributed by atoms with Gasteiger partial charge in [-0.3, -0.25) is 4.98 Å². The van der Waals surface area contributed by atoms with E-state index in [9.17, 15) is 4.39 Å². The van der Waals surface area contributed by atoms with Gasteiger partial charge in [0.05, 0.1) is 0 Å². The Morgan fingerprint density at radius 1 is 1.27 bits per heavy atom. The summed E-state index contributed by atoms with van der Waals surface area (Å²) in [6.07, 6.45) is 2.37. The minimum Gasteiger partial charge on any atom is -0.265 e. The molecular weight excluding hydrogens is 141 g/mol. The van der Waals surface area contributed by atoms with E-state index in [4.69, 9.17) is 0 Å². The van der Waals surface area contributed by atoms with E-state index in [0.717, 1.165) is 5.56 Å². The summed E-state index contributed by atoms with van der Waals surface area (Å²) in [4.78, 5) is 3.82. The van der Waals surface area contributed by atoms with Crippen molar-refractivity contribution in [1.82, 2.24) is 4.98 Å². The second-order valence-corrected chi connectivity index (χ2v) is 2.93. The number of hydrogen-bond acceptors (Lipinski definition) is 1. The summed E-state index contributed by atoms with van der Waals surface area (Å²) in [5.74, 6) is 0.0393. The van der Waals surface area contributed by atoms with Crippen molar-refractivity contribution >= 4 is 0 Å². The van der Waals surface area contributed by atoms with Crippen LogP contribution in [0.4, 0.5) is 4.39 Å². The molecule has 0 saturated carbocycles. The normalized spacial score (nSPS) is 13.5. The maximum absolute atomic E-state index is 13.2. The third-order valence-electron chi connectivity index (χ3n) is 1.61. The van der Waals surface area contributed by atoms with Gasteiger partial charge in [0.2, 0.25) is 0 Å². The number of alkyl halides is 1. The second kappa shape index (κ2) is 3.46. The maximum Gasteiger partial charge on any atom is 0.128 e. The predicted octanol–water partition coefficient (Wildman–Crippen LogP) is 2.75. The molecule has 60 valence electrons. The summed E-state index contributed by atoms with van der Waals surface area (Å²) in [5, 5.41) is 0. The highest BCUT2D eigenvalue weighted by Crippen LogP contribution is 2.24. The SMILES string of the molecule is CC(C)C(F)c1ccncc1. The maximum atomic E-state index is 13.2. The van der Waals surface area contributed by atoms with Crippen LogP contribution >= 0.6 is 0 Å². The Morgan fingerprint density at radius 3 is 2.27 bits per heavy atom. The van der Waals surface area contributed by atoms with Crippen LogP contribution in [0.3, 0.4) is 0 Å². The molecule has 1 atom stereocenters. The zero-order chi connectivity index (χ0) is 8.27. The Labute approximate surface area is 66.3 Å². The summed E-state index contributed by atoms with van der Waals surface area (Å²) in [5.41, 5.74) is 0.718. The van der Waals surface area contributed by atoms with Gasteiger partial charge in [0.15, 0.2) is 0 Å². The fourth-order valence-corrected chi connectivity index (χ4v) is 0.932. The summed E-state index contributed by atoms with van der Waals surface area (Å²) in [7, 11) is 0. The molecule has 1 rings (SSSR count). The van der Waals surface area contributed by atoms with E-state index >= 15 is 0 Å². The topological polar surface area (TPSA) is 12.9 Å². The second-order valence-electron chi connectivity index (χ2n) is 2.93. The van der Waals surface area contributed by atoms with Crippen LogP contribution in [0.25, 0.3) is 0 Å². The Bertz CT molecular complexity index is 208. The Morgan fingerprint density at radius 2 is 1.82 bits per heavy atom. The minimum atomic E-state index is -0.863. The lowest BCUT2D eigenvalue weighted by Gasteiger charge is -2.10. The van der Waals surface area contributed by atoms with Crippen LogP contribution in [0, 0.1) is 5.92 Å². The van der Waals surface area contributed by atoms with E-state index in [1.165, 1.54) is 0 Å². The van der Waals surface area contributed by atoms with Gasteiger partial charge in [-0.25, -0.2) is 4.39 Å². The number of aromatic nitrogens is 1. The average Bonchev–Trinajstić information content (AvgIpc) is 2.05. The molecule has 0 spiro atoms. The third kappa shape index (κ3) is 2.00. The van der Waals surface area contributed by atoms with Crippen molar-refractivity contribution in [2.24, 2.45) is 5.92 Å². The Balaban J connectivity index is 2.77. The molecule has 1 nitrogen and oxygen atoms in total. The first kappa shape index (κ1) is 8.18. The zero-order valence-corrected chi connectivity index (χ0v) is 6.79. The van der Waals surface area contributed by atoms with Crippen molar-refractivity contribution in [2.75, 3.05) is 0 Å². The minimum absolute atomic E-state index is 0.0393. The molecular formula is C9H12FN. The fourth-order valence-electron chi connectivity index (χ4n) is 0.932. The number of hydrogen-bond donors (Lipinski definition) is 0. The molecule has 1 heterocycles. The molecule has 0 radical (unpaired) electrons. The van der Waals surface area contributed by atoms with Gasteiger partial charge >= 0.3 is 0 Å². The highest BCUT2D eigenvalue weighted by molar-refractivity contribution is 5.13. The first-order valence-corrected chi connectivity index (χ1v) is 3.76. The van der Waals surface area contributed by atoms with E-state index in [0.29, 0.717) is 0 Å². The van der Waals surface area contributed by atoms with Crippen molar-refractivity contribution in [3.8, 4) is 0 Å². The molecule has 0 bridgehead atoms. The number of halogens is 1. The van der Waals surface area contributed by atoms with E-state index < -0.39 is 6.17 Å². The van der Waals surface area contributed by atoms with Crippen molar-refractivity contribution in [2.45, 2.75) is 20.0 Å². The highest BCUT2D eigenvalue weighted by atomic mass is 19.1. The van der Waals surface area contributed by atoms with Crippen molar-refractivity contribution < 1.29 is 4.39 Å². The molecule has 0 aliphatic heterocycles. The van der Waals surface area contributed by atoms with Gasteiger partial charge < -0.3 is 0 Å². The van der Waals surface area contributed by atoms with E-state index in [2.05, 4.69) is 4.98 Å². The summed E-state index contributed by atoms with van der Waals surface area (Å²) in [6.45, 7) is 3.73. The van der Waals surface area contributed by atoms with E-state index in [-0.39, 0.29) is 5.92 Å². The van der Waals surface area contributed by atoms with Gasteiger partial charge in [0.25, 0.3) is 0 Å². The quantitative estimate of drug-likeness (QED) is 0.636. The predicted molar refractivity (Wildman–Crippen MR) is 42.9 cm³/mol. The van der Waals surface area contributed by atoms with Crippen molar-refractivity contribution in [3.63, 3.8) is 0 Å². The first-order chi connectivity index (χ1) is 5.22. The molecule has 1 aromatic heterocycles. The van der Waals surface area contributed by atoms with Gasteiger partial charge in [-0.2, -0.15) is 0 Å². The lowest BCUT2D eigenvalue weighted by atomic mass is 10.0. The summed E-state index contributed by atoms with van der Waals surface area (Å²) < 4.78 is 13.2. The molecule has 1 aromatic rings. The van der Waals surface area contributed by atoms with Crippen molar-refractivity contribution in [3.05, 3.63) is 30.1 Å². The Kier molecular flexibility index (Phi) is 2.58. The molecule has 0 saturated heterocycles. The molecule has 1 unspecified atom stereocenters. The van der Waals surface area contributed by atoms with Gasteiger partial charge in [-0.1, -0.05) is 13.8 Å². The molecule has 11 heavy (non-hydrogen) atoms. The van der Waals surface area contributed by atoms with E-state index in [1.54, 1.807) is 24.5 Å². The number of pyridine rings is 1.